The number of benzene rings is 1. The van der Waals surface area contributed by atoms with Crippen LogP contribution in [0.4, 0.5) is 0 Å². The van der Waals surface area contributed by atoms with Gasteiger partial charge in [0.05, 0.1) is 12.7 Å². The molecule has 1 aromatic heterocycles. The third-order valence-electron chi connectivity index (χ3n) is 3.83. The van der Waals surface area contributed by atoms with Crippen molar-refractivity contribution >= 4 is 28.8 Å². The Labute approximate surface area is 148 Å². The Balaban J connectivity index is 1.61. The minimum absolute atomic E-state index is 0.242. The molecule has 8 heteroatoms. The summed E-state index contributed by atoms with van der Waals surface area (Å²) < 4.78 is 5.55. The summed E-state index contributed by atoms with van der Waals surface area (Å²) in [5.41, 5.74) is 1.13. The molecule has 3 N–H and O–H groups in total. The molecule has 0 unspecified atom stereocenters. The van der Waals surface area contributed by atoms with Crippen LogP contribution in [0.25, 0.3) is 0 Å². The van der Waals surface area contributed by atoms with Crippen molar-refractivity contribution in [2.75, 3.05) is 6.61 Å². The quantitative estimate of drug-likeness (QED) is 0.749. The predicted octanol–water partition coefficient (Wildman–Crippen LogP) is 1.91. The maximum Gasteiger partial charge on any atom is 0.271 e. The second-order valence-electron chi connectivity index (χ2n) is 5.49. The molecule has 1 amide bonds. The van der Waals surface area contributed by atoms with Gasteiger partial charge in [0.25, 0.3) is 5.91 Å². The lowest BCUT2D eigenvalue weighted by Crippen LogP contribution is -2.24. The van der Waals surface area contributed by atoms with Gasteiger partial charge in [-0.15, -0.1) is 11.3 Å². The van der Waals surface area contributed by atoms with Gasteiger partial charge in [0.15, 0.2) is 0 Å². The number of nitrogens with zero attached hydrogens (tertiary/aromatic N) is 1. The summed E-state index contributed by atoms with van der Waals surface area (Å²) >= 11 is 7.36. The van der Waals surface area contributed by atoms with E-state index < -0.39 is 18.3 Å². The number of halogens is 1. The van der Waals surface area contributed by atoms with E-state index in [1.54, 1.807) is 11.4 Å². The minimum atomic E-state index is -0.721. The molecule has 2 heterocycles. The number of rotatable bonds is 5. The number of aliphatic hydroxyl groups excluding tert-OH is 2. The maximum absolute atomic E-state index is 12.2. The summed E-state index contributed by atoms with van der Waals surface area (Å²) in [6, 6.07) is 7.30. The first-order valence-electron chi connectivity index (χ1n) is 7.50. The van der Waals surface area contributed by atoms with Crippen LogP contribution in [0, 0.1) is 0 Å². The van der Waals surface area contributed by atoms with Gasteiger partial charge in [-0.2, -0.15) is 0 Å². The van der Waals surface area contributed by atoms with E-state index in [0.29, 0.717) is 28.7 Å². The molecule has 1 aromatic carbocycles. The number of ether oxygens (including phenoxy) is 1. The molecule has 3 rings (SSSR count). The Kier molecular flexibility index (Phi) is 5.47. The lowest BCUT2D eigenvalue weighted by molar-refractivity contribution is -0.0226. The van der Waals surface area contributed by atoms with Crippen molar-refractivity contribution in [2.45, 2.75) is 31.3 Å². The van der Waals surface area contributed by atoms with Crippen molar-refractivity contribution in [3.8, 4) is 0 Å². The molecule has 24 heavy (non-hydrogen) atoms. The molecule has 2 aromatic rings. The molecule has 128 valence electrons. The van der Waals surface area contributed by atoms with Crippen molar-refractivity contribution in [2.24, 2.45) is 0 Å². The van der Waals surface area contributed by atoms with Crippen molar-refractivity contribution in [1.29, 1.82) is 0 Å². The van der Waals surface area contributed by atoms with E-state index in [1.165, 1.54) is 11.3 Å². The van der Waals surface area contributed by atoms with Crippen molar-refractivity contribution in [3.63, 3.8) is 0 Å². The fourth-order valence-corrected chi connectivity index (χ4v) is 3.55. The standard InChI is InChI=1S/C16H17ClN2O4S/c17-10-4-2-1-3-9(10)6-18-15(22)11-8-24-16(19-11)13-5-12(21)14(7-20)23-13/h1-4,8,12-14,20-21H,5-7H2,(H,18,22)/t12-,13-,14+/m0/s1. The highest BCUT2D eigenvalue weighted by Gasteiger charge is 2.36. The zero-order valence-corrected chi connectivity index (χ0v) is 14.3. The van der Waals surface area contributed by atoms with Crippen molar-refractivity contribution in [3.05, 3.63) is 50.9 Å². The monoisotopic (exact) mass is 368 g/mol. The highest BCUT2D eigenvalue weighted by atomic mass is 35.5. The average Bonchev–Trinajstić information content (AvgIpc) is 3.20. The number of hydrogen-bond donors (Lipinski definition) is 3. The maximum atomic E-state index is 12.2. The number of hydrogen-bond acceptors (Lipinski definition) is 6. The SMILES string of the molecule is O=C(NCc1ccccc1Cl)c1csc([C@@H]2C[C@H](O)[C@@H](CO)O2)n1. The predicted molar refractivity (Wildman–Crippen MR) is 90.1 cm³/mol. The van der Waals surface area contributed by atoms with Crippen LogP contribution < -0.4 is 5.32 Å². The number of thiazole rings is 1. The van der Waals surface area contributed by atoms with E-state index in [1.807, 2.05) is 18.2 Å². The first-order chi connectivity index (χ1) is 11.6. The number of aliphatic hydroxyl groups is 2. The summed E-state index contributed by atoms with van der Waals surface area (Å²) in [7, 11) is 0. The molecule has 0 spiro atoms. The van der Waals surface area contributed by atoms with E-state index in [4.69, 9.17) is 21.4 Å². The van der Waals surface area contributed by atoms with Gasteiger partial charge in [0, 0.05) is 23.4 Å². The van der Waals surface area contributed by atoms with Crippen molar-refractivity contribution < 1.29 is 19.7 Å². The van der Waals surface area contributed by atoms with Crippen LogP contribution in [0.1, 0.15) is 33.6 Å². The topological polar surface area (TPSA) is 91.7 Å². The van der Waals surface area contributed by atoms with Crippen LogP contribution >= 0.6 is 22.9 Å². The largest absolute Gasteiger partial charge is 0.394 e. The average molecular weight is 369 g/mol. The second-order valence-corrected chi connectivity index (χ2v) is 6.79. The Morgan fingerprint density at radius 3 is 2.96 bits per heavy atom. The molecule has 1 aliphatic heterocycles. The highest BCUT2D eigenvalue weighted by Crippen LogP contribution is 2.34. The fourth-order valence-electron chi connectivity index (χ4n) is 2.50. The summed E-state index contributed by atoms with van der Waals surface area (Å²) in [5, 5.41) is 24.5. The highest BCUT2D eigenvalue weighted by molar-refractivity contribution is 7.09. The Hall–Kier alpha value is -1.51. The third-order valence-corrected chi connectivity index (χ3v) is 5.14. The lowest BCUT2D eigenvalue weighted by Gasteiger charge is -2.10. The van der Waals surface area contributed by atoms with E-state index in [0.717, 1.165) is 5.56 Å². The molecular formula is C16H17ClN2O4S. The Morgan fingerprint density at radius 1 is 1.46 bits per heavy atom. The number of nitrogens with one attached hydrogen (secondary N) is 1. The molecule has 0 radical (unpaired) electrons. The molecule has 6 nitrogen and oxygen atoms in total. The number of carbonyl (C=O) groups excluding carboxylic acids is 1. The zero-order valence-electron chi connectivity index (χ0n) is 12.7. The van der Waals surface area contributed by atoms with Gasteiger partial charge in [0.1, 0.15) is 22.9 Å². The second kappa shape index (κ2) is 7.58. The summed E-state index contributed by atoms with van der Waals surface area (Å²) in [5.74, 6) is -0.297. The number of amides is 1. The summed E-state index contributed by atoms with van der Waals surface area (Å²) in [6.45, 7) is 0.0742. The van der Waals surface area contributed by atoms with E-state index >= 15 is 0 Å². The van der Waals surface area contributed by atoms with Crippen molar-refractivity contribution in [1.82, 2.24) is 10.3 Å². The van der Waals surface area contributed by atoms with Crippen LogP contribution in [0.3, 0.4) is 0 Å². The first-order valence-corrected chi connectivity index (χ1v) is 8.75. The molecule has 1 saturated heterocycles. The molecule has 0 aliphatic carbocycles. The Morgan fingerprint density at radius 2 is 2.25 bits per heavy atom. The van der Waals surface area contributed by atoms with Gasteiger partial charge in [-0.3, -0.25) is 4.79 Å². The molecule has 3 atom stereocenters. The zero-order chi connectivity index (χ0) is 17.1. The number of carbonyl (C=O) groups is 1. The molecule has 1 fully saturated rings. The van der Waals surface area contributed by atoms with Crippen LogP contribution in [0.2, 0.25) is 5.02 Å². The van der Waals surface area contributed by atoms with E-state index in [9.17, 15) is 9.90 Å². The van der Waals surface area contributed by atoms with Gasteiger partial charge in [-0.1, -0.05) is 29.8 Å². The number of aromatic nitrogens is 1. The molecule has 1 aliphatic rings. The fraction of sp³-hybridized carbons (Fsp3) is 0.375. The van der Waals surface area contributed by atoms with Gasteiger partial charge < -0.3 is 20.3 Å². The summed E-state index contributed by atoms with van der Waals surface area (Å²) in [4.78, 5) is 16.5. The van der Waals surface area contributed by atoms with E-state index in [-0.39, 0.29) is 12.5 Å². The van der Waals surface area contributed by atoms with Crippen LogP contribution in [0.15, 0.2) is 29.6 Å². The van der Waals surface area contributed by atoms with Crippen LogP contribution in [0.5, 0.6) is 0 Å². The van der Waals surface area contributed by atoms with Gasteiger partial charge in [0.2, 0.25) is 0 Å². The van der Waals surface area contributed by atoms with E-state index in [2.05, 4.69) is 10.3 Å². The molecule has 0 saturated carbocycles. The lowest BCUT2D eigenvalue weighted by atomic mass is 10.1. The van der Waals surface area contributed by atoms with Crippen LogP contribution in [-0.2, 0) is 11.3 Å². The smallest absolute Gasteiger partial charge is 0.271 e. The third kappa shape index (κ3) is 3.76. The normalized spacial score (nSPS) is 23.4. The minimum Gasteiger partial charge on any atom is -0.394 e. The van der Waals surface area contributed by atoms with Gasteiger partial charge >= 0.3 is 0 Å². The molecular weight excluding hydrogens is 352 g/mol. The Bertz CT molecular complexity index is 724. The van der Waals surface area contributed by atoms with Crippen LogP contribution in [-0.4, -0.2) is 39.9 Å². The van der Waals surface area contributed by atoms with Gasteiger partial charge in [-0.25, -0.2) is 4.98 Å². The first kappa shape index (κ1) is 17.3. The van der Waals surface area contributed by atoms with Gasteiger partial charge in [-0.05, 0) is 11.6 Å². The summed E-state index contributed by atoms with van der Waals surface area (Å²) in [6.07, 6.45) is -1.36. The molecule has 0 bridgehead atoms.